The molecule has 0 bridgehead atoms. The number of carbonyl (C=O) groups excluding carboxylic acids is 2. The van der Waals surface area contributed by atoms with Crippen LogP contribution < -0.4 is 14.8 Å². The largest absolute Gasteiger partial charge is 0.486 e. The lowest BCUT2D eigenvalue weighted by molar-refractivity contribution is -0.129. The number of hydrogen-bond acceptors (Lipinski definition) is 5. The van der Waals surface area contributed by atoms with Crippen LogP contribution in [-0.4, -0.2) is 41.5 Å². The van der Waals surface area contributed by atoms with Gasteiger partial charge in [0.1, 0.15) is 13.2 Å². The Kier molecular flexibility index (Phi) is 5.88. The van der Waals surface area contributed by atoms with Crippen LogP contribution in [0.15, 0.2) is 42.7 Å². The Labute approximate surface area is 176 Å². The first kappa shape index (κ1) is 20.2. The van der Waals surface area contributed by atoms with Gasteiger partial charge in [-0.3, -0.25) is 14.6 Å². The second-order valence-electron chi connectivity index (χ2n) is 8.16. The Bertz CT molecular complexity index is 916. The third-order valence-electron chi connectivity index (χ3n) is 5.60. The number of carbonyl (C=O) groups is 2. The SMILES string of the molecule is CC(C)C(NC(=O)C1CC(=O)N(Cc2ccncc2)C1)c1ccc2c(c1)OCCO2. The molecule has 1 N–H and O–H groups in total. The second kappa shape index (κ2) is 8.73. The van der Waals surface area contributed by atoms with Crippen LogP contribution in [-0.2, 0) is 16.1 Å². The number of nitrogens with one attached hydrogen (secondary N) is 1. The standard InChI is InChI=1S/C23H27N3O4/c1-15(2)22(17-3-4-19-20(11-17)30-10-9-29-19)25-23(28)18-12-21(27)26(14-18)13-16-5-7-24-8-6-16/h3-8,11,15,18,22H,9-10,12-14H2,1-2H3,(H,25,28). The molecule has 3 heterocycles. The van der Waals surface area contributed by atoms with Crippen LogP contribution >= 0.6 is 0 Å². The van der Waals surface area contributed by atoms with Gasteiger partial charge in [0.2, 0.25) is 11.8 Å². The quantitative estimate of drug-likeness (QED) is 0.794. The number of amides is 2. The van der Waals surface area contributed by atoms with Gasteiger partial charge in [-0.25, -0.2) is 0 Å². The summed E-state index contributed by atoms with van der Waals surface area (Å²) in [5.41, 5.74) is 1.98. The maximum atomic E-state index is 13.0. The molecule has 0 radical (unpaired) electrons. The molecule has 1 aromatic heterocycles. The lowest BCUT2D eigenvalue weighted by atomic mass is 9.94. The zero-order valence-corrected chi connectivity index (χ0v) is 17.3. The van der Waals surface area contributed by atoms with Gasteiger partial charge in [0.15, 0.2) is 11.5 Å². The van der Waals surface area contributed by atoms with E-state index in [0.717, 1.165) is 16.9 Å². The maximum absolute atomic E-state index is 13.0. The van der Waals surface area contributed by atoms with E-state index in [1.807, 2.05) is 30.3 Å². The first-order valence-corrected chi connectivity index (χ1v) is 10.4. The van der Waals surface area contributed by atoms with E-state index < -0.39 is 0 Å². The number of benzene rings is 1. The van der Waals surface area contributed by atoms with Crippen LogP contribution in [0.3, 0.4) is 0 Å². The number of likely N-dealkylation sites (tertiary alicyclic amines) is 1. The minimum absolute atomic E-state index is 0.00684. The highest BCUT2D eigenvalue weighted by molar-refractivity contribution is 5.89. The fourth-order valence-corrected chi connectivity index (χ4v) is 3.97. The van der Waals surface area contributed by atoms with Gasteiger partial charge in [0, 0.05) is 31.9 Å². The van der Waals surface area contributed by atoms with Crippen molar-refractivity contribution in [2.75, 3.05) is 19.8 Å². The molecule has 7 heteroatoms. The lowest BCUT2D eigenvalue weighted by Gasteiger charge is -2.26. The van der Waals surface area contributed by atoms with E-state index in [0.29, 0.717) is 32.1 Å². The van der Waals surface area contributed by atoms with Gasteiger partial charge in [-0.1, -0.05) is 19.9 Å². The predicted molar refractivity (Wildman–Crippen MR) is 111 cm³/mol. The van der Waals surface area contributed by atoms with Crippen LogP contribution in [0.1, 0.15) is 37.4 Å². The van der Waals surface area contributed by atoms with Crippen molar-refractivity contribution in [3.63, 3.8) is 0 Å². The molecule has 2 aromatic rings. The van der Waals surface area contributed by atoms with Crippen molar-refractivity contribution in [3.8, 4) is 11.5 Å². The highest BCUT2D eigenvalue weighted by atomic mass is 16.6. The van der Waals surface area contributed by atoms with Gasteiger partial charge >= 0.3 is 0 Å². The molecule has 2 aliphatic rings. The van der Waals surface area contributed by atoms with E-state index in [4.69, 9.17) is 9.47 Å². The molecule has 30 heavy (non-hydrogen) atoms. The molecular weight excluding hydrogens is 382 g/mol. The number of ether oxygens (including phenoxy) is 2. The van der Waals surface area contributed by atoms with Crippen LogP contribution in [0.5, 0.6) is 11.5 Å². The molecule has 1 saturated heterocycles. The Morgan fingerprint density at radius 1 is 1.17 bits per heavy atom. The number of pyridine rings is 1. The Morgan fingerprint density at radius 3 is 2.63 bits per heavy atom. The van der Waals surface area contributed by atoms with Crippen molar-refractivity contribution < 1.29 is 19.1 Å². The van der Waals surface area contributed by atoms with Crippen LogP contribution in [0.2, 0.25) is 0 Å². The zero-order valence-electron chi connectivity index (χ0n) is 17.3. The highest BCUT2D eigenvalue weighted by Gasteiger charge is 2.35. The number of aromatic nitrogens is 1. The number of nitrogens with zero attached hydrogens (tertiary/aromatic N) is 2. The van der Waals surface area contributed by atoms with E-state index in [-0.39, 0.29) is 36.1 Å². The fraction of sp³-hybridized carbons (Fsp3) is 0.435. The molecule has 158 valence electrons. The summed E-state index contributed by atoms with van der Waals surface area (Å²) in [6, 6.07) is 9.40. The average Bonchev–Trinajstić information content (AvgIpc) is 3.12. The normalized spacial score (nSPS) is 19.1. The first-order valence-electron chi connectivity index (χ1n) is 10.4. The van der Waals surface area contributed by atoms with Gasteiger partial charge in [-0.2, -0.15) is 0 Å². The van der Waals surface area contributed by atoms with Gasteiger partial charge in [-0.05, 0) is 41.3 Å². The van der Waals surface area contributed by atoms with E-state index in [9.17, 15) is 9.59 Å². The third kappa shape index (κ3) is 4.40. The Morgan fingerprint density at radius 2 is 1.90 bits per heavy atom. The van der Waals surface area contributed by atoms with Gasteiger partial charge in [0.25, 0.3) is 0 Å². The maximum Gasteiger partial charge on any atom is 0.225 e. The molecule has 2 unspecified atom stereocenters. The predicted octanol–water partition coefficient (Wildman–Crippen LogP) is 2.71. The third-order valence-corrected chi connectivity index (χ3v) is 5.60. The number of fused-ring (bicyclic) bond motifs is 1. The van der Waals surface area contributed by atoms with Crippen molar-refractivity contribution in [2.24, 2.45) is 11.8 Å². The van der Waals surface area contributed by atoms with Gasteiger partial charge < -0.3 is 19.7 Å². The Hall–Kier alpha value is -3.09. The molecule has 0 spiro atoms. The summed E-state index contributed by atoms with van der Waals surface area (Å²) in [6.45, 7) is 6.13. The number of rotatable bonds is 6. The zero-order chi connectivity index (χ0) is 21.1. The first-order chi connectivity index (χ1) is 14.5. The van der Waals surface area contributed by atoms with E-state index in [1.54, 1.807) is 17.3 Å². The lowest BCUT2D eigenvalue weighted by Crippen LogP contribution is -2.37. The summed E-state index contributed by atoms with van der Waals surface area (Å²) >= 11 is 0. The summed E-state index contributed by atoms with van der Waals surface area (Å²) < 4.78 is 11.3. The summed E-state index contributed by atoms with van der Waals surface area (Å²) in [4.78, 5) is 31.2. The molecule has 4 rings (SSSR count). The minimum atomic E-state index is -0.349. The van der Waals surface area contributed by atoms with E-state index >= 15 is 0 Å². The van der Waals surface area contributed by atoms with Crippen molar-refractivity contribution in [2.45, 2.75) is 32.9 Å². The molecule has 2 atom stereocenters. The topological polar surface area (TPSA) is 80.8 Å². The van der Waals surface area contributed by atoms with Crippen LogP contribution in [0.4, 0.5) is 0 Å². The molecule has 2 amide bonds. The highest BCUT2D eigenvalue weighted by Crippen LogP contribution is 2.34. The molecule has 2 aliphatic heterocycles. The molecule has 7 nitrogen and oxygen atoms in total. The molecule has 0 saturated carbocycles. The monoisotopic (exact) mass is 409 g/mol. The molecular formula is C23H27N3O4. The number of hydrogen-bond donors (Lipinski definition) is 1. The van der Waals surface area contributed by atoms with Crippen LogP contribution in [0, 0.1) is 11.8 Å². The van der Waals surface area contributed by atoms with Crippen LogP contribution in [0.25, 0.3) is 0 Å². The molecule has 0 aliphatic carbocycles. The van der Waals surface area contributed by atoms with Crippen molar-refractivity contribution in [1.82, 2.24) is 15.2 Å². The van der Waals surface area contributed by atoms with Crippen molar-refractivity contribution in [3.05, 3.63) is 53.9 Å². The Balaban J connectivity index is 1.43. The van der Waals surface area contributed by atoms with Gasteiger partial charge in [0.05, 0.1) is 12.0 Å². The summed E-state index contributed by atoms with van der Waals surface area (Å²) in [7, 11) is 0. The van der Waals surface area contributed by atoms with E-state index in [1.165, 1.54) is 0 Å². The van der Waals surface area contributed by atoms with E-state index in [2.05, 4.69) is 24.1 Å². The second-order valence-corrected chi connectivity index (χ2v) is 8.16. The molecule has 1 aromatic carbocycles. The average molecular weight is 409 g/mol. The molecule has 1 fully saturated rings. The fourth-order valence-electron chi connectivity index (χ4n) is 3.97. The summed E-state index contributed by atoms with van der Waals surface area (Å²) in [6.07, 6.45) is 3.66. The van der Waals surface area contributed by atoms with Gasteiger partial charge in [-0.15, -0.1) is 0 Å². The smallest absolute Gasteiger partial charge is 0.225 e. The summed E-state index contributed by atoms with van der Waals surface area (Å²) in [5.74, 6) is 1.19. The van der Waals surface area contributed by atoms with Crippen molar-refractivity contribution in [1.29, 1.82) is 0 Å². The summed E-state index contributed by atoms with van der Waals surface area (Å²) in [5, 5.41) is 3.16. The minimum Gasteiger partial charge on any atom is -0.486 e. The van der Waals surface area contributed by atoms with Crippen molar-refractivity contribution >= 4 is 11.8 Å².